The van der Waals surface area contributed by atoms with E-state index in [0.717, 1.165) is 43.4 Å². The van der Waals surface area contributed by atoms with Crippen molar-refractivity contribution < 1.29 is 33.0 Å². The van der Waals surface area contributed by atoms with Crippen molar-refractivity contribution in [2.45, 2.75) is 130 Å². The van der Waals surface area contributed by atoms with Crippen molar-refractivity contribution in [1.29, 1.82) is 0 Å². The maximum atomic E-state index is 13.8. The molecule has 1 amide bonds. The van der Waals surface area contributed by atoms with Crippen LogP contribution in [0.15, 0.2) is 53.3 Å². The van der Waals surface area contributed by atoms with E-state index in [4.69, 9.17) is 29.1 Å². The molecule has 0 aliphatic heterocycles. The number of carbonyl (C=O) groups excluding carboxylic acids is 2. The van der Waals surface area contributed by atoms with Gasteiger partial charge in [0.25, 0.3) is 0 Å². The molecule has 3 aromatic rings. The minimum atomic E-state index is -2.42. The van der Waals surface area contributed by atoms with Crippen molar-refractivity contribution in [2.24, 2.45) is 0 Å². The van der Waals surface area contributed by atoms with Gasteiger partial charge in [0.2, 0.25) is 5.56 Å². The molecule has 1 aromatic heterocycles. The molecule has 0 bridgehead atoms. The largest absolute Gasteiger partial charge is 0.514 e. The van der Waals surface area contributed by atoms with Crippen molar-refractivity contribution in [1.82, 2.24) is 9.88 Å². The van der Waals surface area contributed by atoms with E-state index in [9.17, 15) is 14.4 Å². The molecule has 2 aromatic carbocycles. The summed E-state index contributed by atoms with van der Waals surface area (Å²) in [6.45, 7) is 23.6. The van der Waals surface area contributed by atoms with Crippen LogP contribution in [0.5, 0.6) is 5.75 Å². The fourth-order valence-electron chi connectivity index (χ4n) is 5.33. The average molecular weight is 754 g/mol. The lowest BCUT2D eigenvalue weighted by Crippen LogP contribution is -2.46. The zero-order valence-corrected chi connectivity index (χ0v) is 34.9. The molecule has 0 radical (unpaired) electrons. The van der Waals surface area contributed by atoms with E-state index in [1.165, 1.54) is 11.6 Å². The van der Waals surface area contributed by atoms with Crippen LogP contribution in [-0.2, 0) is 25.1 Å². The van der Waals surface area contributed by atoms with Crippen LogP contribution < -0.4 is 16.0 Å². The van der Waals surface area contributed by atoms with Crippen molar-refractivity contribution in [3.8, 4) is 5.75 Å². The van der Waals surface area contributed by atoms with Gasteiger partial charge in [-0.3, -0.25) is 4.79 Å². The molecule has 11 nitrogen and oxygen atoms in total. The Kier molecular flexibility index (Phi) is 15.1. The van der Waals surface area contributed by atoms with Crippen molar-refractivity contribution in [3.05, 3.63) is 70.0 Å². The first-order valence-corrected chi connectivity index (χ1v) is 21.6. The quantitative estimate of drug-likeness (QED) is 0.0481. The Balaban J connectivity index is 1.83. The van der Waals surface area contributed by atoms with Gasteiger partial charge >= 0.3 is 12.2 Å². The summed E-state index contributed by atoms with van der Waals surface area (Å²) in [5, 5.41) is 0.498. The number of nitrogens with zero attached hydrogens (tertiary/aromatic N) is 1. The molecule has 0 spiro atoms. The van der Waals surface area contributed by atoms with Crippen LogP contribution in [0.1, 0.15) is 105 Å². The number of pyridine rings is 1. The van der Waals surface area contributed by atoms with Crippen molar-refractivity contribution in [3.63, 3.8) is 0 Å². The third-order valence-corrected chi connectivity index (χ3v) is 13.6. The Morgan fingerprint density at radius 1 is 0.811 bits per heavy atom. The van der Waals surface area contributed by atoms with Gasteiger partial charge in [-0.1, -0.05) is 51.8 Å². The van der Waals surface area contributed by atoms with Gasteiger partial charge in [-0.25, -0.2) is 9.59 Å². The number of hydrogen-bond donors (Lipinski definition) is 2. The van der Waals surface area contributed by atoms with Crippen LogP contribution in [-0.4, -0.2) is 68.0 Å². The van der Waals surface area contributed by atoms with Crippen LogP contribution in [0.4, 0.5) is 15.3 Å². The maximum Gasteiger partial charge on any atom is 0.514 e. The molecule has 0 saturated heterocycles. The van der Waals surface area contributed by atoms with E-state index in [-0.39, 0.29) is 22.9 Å². The minimum Gasteiger partial charge on any atom is -0.444 e. The number of amides is 1. The number of unbranched alkanes of at least 4 members (excludes halogenated alkanes) is 3. The lowest BCUT2D eigenvalue weighted by atomic mass is 10.0. The van der Waals surface area contributed by atoms with Gasteiger partial charge in [0.1, 0.15) is 11.2 Å². The first kappa shape index (κ1) is 43.5. The molecule has 0 saturated carbocycles. The van der Waals surface area contributed by atoms with Gasteiger partial charge in [-0.15, -0.1) is 0 Å². The highest BCUT2D eigenvalue weighted by atomic mass is 28.4. The number of rotatable bonds is 16. The Morgan fingerprint density at radius 3 is 2.08 bits per heavy atom. The van der Waals surface area contributed by atoms with Crippen LogP contribution in [0.25, 0.3) is 10.9 Å². The first-order chi connectivity index (χ1) is 24.5. The molecular formula is C41H63N3O8Si. The highest BCUT2D eigenvalue weighted by Crippen LogP contribution is 2.42. The smallest absolute Gasteiger partial charge is 0.444 e. The molecule has 0 aliphatic rings. The molecule has 294 valence electrons. The topological polar surface area (TPSA) is 142 Å². The summed E-state index contributed by atoms with van der Waals surface area (Å²) >= 11 is 0. The number of H-pyrrole nitrogens is 1. The second-order valence-corrected chi connectivity index (χ2v) is 21.9. The second kappa shape index (κ2) is 18.4. The first-order valence-electron chi connectivity index (χ1n) is 18.7. The standard InChI is InChI=1S/C41H63N3O8Si/c1-39(2,3)50-37(46)44(25-14-12-13-15-26-48-27-24-29-16-18-30(42)19-17-29)28-34(52-53(10,11)41(7,8)9)31-20-22-33(49-38(47)51-40(4,5)6)36-32(31)21-23-35(45)43-36/h16-23,34H,12-15,24-28,42H2,1-11H3,(H,43,45)/t34-/m0/s1. The van der Waals surface area contributed by atoms with Crippen LogP contribution >= 0.6 is 0 Å². The Morgan fingerprint density at radius 2 is 1.45 bits per heavy atom. The monoisotopic (exact) mass is 753 g/mol. The van der Waals surface area contributed by atoms with Crippen LogP contribution in [0.2, 0.25) is 18.1 Å². The molecule has 0 fully saturated rings. The summed E-state index contributed by atoms with van der Waals surface area (Å²) in [6.07, 6.45) is 2.53. The normalized spacial score (nSPS) is 13.1. The number of aromatic amines is 1. The Labute approximate surface area is 317 Å². The molecule has 3 rings (SSSR count). The maximum absolute atomic E-state index is 13.8. The van der Waals surface area contributed by atoms with Crippen LogP contribution in [0, 0.1) is 0 Å². The average Bonchev–Trinajstić information content (AvgIpc) is 3.01. The predicted octanol–water partition coefficient (Wildman–Crippen LogP) is 9.54. The lowest BCUT2D eigenvalue weighted by molar-refractivity contribution is 0.0150. The fourth-order valence-corrected chi connectivity index (χ4v) is 6.59. The molecule has 12 heteroatoms. The van der Waals surface area contributed by atoms with E-state index in [0.29, 0.717) is 30.7 Å². The molecular weight excluding hydrogens is 691 g/mol. The van der Waals surface area contributed by atoms with E-state index >= 15 is 0 Å². The van der Waals surface area contributed by atoms with Crippen molar-refractivity contribution >= 4 is 37.2 Å². The molecule has 0 unspecified atom stereocenters. The number of nitrogen functional groups attached to an aromatic ring is 1. The zero-order chi connectivity index (χ0) is 39.6. The number of benzene rings is 2. The van der Waals surface area contributed by atoms with E-state index in [2.05, 4.69) is 38.8 Å². The molecule has 53 heavy (non-hydrogen) atoms. The fraction of sp³-hybridized carbons (Fsp3) is 0.585. The number of hydrogen-bond acceptors (Lipinski definition) is 9. The van der Waals surface area contributed by atoms with E-state index < -0.39 is 37.9 Å². The highest BCUT2D eigenvalue weighted by Gasteiger charge is 2.41. The van der Waals surface area contributed by atoms with Gasteiger partial charge < -0.3 is 39.0 Å². The Hall–Kier alpha value is -3.87. The molecule has 1 atom stereocenters. The van der Waals surface area contributed by atoms with Gasteiger partial charge in [-0.05, 0) is 114 Å². The lowest BCUT2D eigenvalue weighted by Gasteiger charge is -2.41. The molecule has 1 heterocycles. The van der Waals surface area contributed by atoms with Gasteiger partial charge in [0, 0.05) is 30.3 Å². The number of aromatic nitrogens is 1. The number of fused-ring (bicyclic) bond motifs is 1. The third-order valence-electron chi connectivity index (χ3n) is 9.08. The van der Waals surface area contributed by atoms with Crippen LogP contribution in [0.3, 0.4) is 0 Å². The van der Waals surface area contributed by atoms with Gasteiger partial charge in [-0.2, -0.15) is 0 Å². The number of nitrogens with one attached hydrogen (secondary N) is 1. The summed E-state index contributed by atoms with van der Waals surface area (Å²) < 4.78 is 29.8. The number of nitrogens with two attached hydrogens (primary N) is 1. The molecule has 0 aliphatic carbocycles. The zero-order valence-electron chi connectivity index (χ0n) is 33.9. The SMILES string of the molecule is CC(C)(C)OC(=O)Oc1ccc([C@H](CN(CCCCCCOCCc2ccc(N)cc2)C(=O)OC(C)(C)C)O[Si](C)(C)C(C)(C)C)c2ccc(=O)[nH]c12. The highest BCUT2D eigenvalue weighted by molar-refractivity contribution is 6.74. The summed E-state index contributed by atoms with van der Waals surface area (Å²) in [4.78, 5) is 43.6. The van der Waals surface area contributed by atoms with Gasteiger partial charge in [0.15, 0.2) is 14.1 Å². The summed E-state index contributed by atoms with van der Waals surface area (Å²) in [7, 11) is -2.42. The van der Waals surface area contributed by atoms with Crippen molar-refractivity contribution in [2.75, 3.05) is 32.0 Å². The number of carbonyl (C=O) groups is 2. The number of anilines is 1. The molecule has 3 N–H and O–H groups in total. The minimum absolute atomic E-state index is 0.136. The summed E-state index contributed by atoms with van der Waals surface area (Å²) in [5.41, 5.74) is 7.01. The second-order valence-electron chi connectivity index (χ2n) is 17.1. The Bertz CT molecular complexity index is 1700. The van der Waals surface area contributed by atoms with E-state index in [1.807, 2.05) is 51.1 Å². The third kappa shape index (κ3) is 14.5. The van der Waals surface area contributed by atoms with Gasteiger partial charge in [0.05, 0.1) is 24.8 Å². The summed E-state index contributed by atoms with van der Waals surface area (Å²) in [5.74, 6) is 0.153. The van der Waals surface area contributed by atoms with E-state index in [1.54, 1.807) is 37.8 Å². The predicted molar refractivity (Wildman–Crippen MR) is 214 cm³/mol. The summed E-state index contributed by atoms with van der Waals surface area (Å²) in [6, 6.07) is 14.5. The number of ether oxygens (including phenoxy) is 4.